The van der Waals surface area contributed by atoms with Crippen molar-refractivity contribution in [3.63, 3.8) is 0 Å². The molecule has 28 heavy (non-hydrogen) atoms. The molecule has 10 heteroatoms. The molecule has 144 valence electrons. The number of benzene rings is 2. The first-order chi connectivity index (χ1) is 13.3. The van der Waals surface area contributed by atoms with Gasteiger partial charge in [-0.15, -0.1) is 0 Å². The van der Waals surface area contributed by atoms with E-state index in [0.717, 1.165) is 35.2 Å². The van der Waals surface area contributed by atoms with E-state index in [9.17, 15) is 27.6 Å². The Balaban J connectivity index is 1.59. The maximum atomic E-state index is 13.2. The smallest absolute Gasteiger partial charge is 0.261 e. The van der Waals surface area contributed by atoms with Gasteiger partial charge in [-0.2, -0.15) is 0 Å². The third-order valence-electron chi connectivity index (χ3n) is 3.75. The summed E-state index contributed by atoms with van der Waals surface area (Å²) in [5.41, 5.74) is -0.348. The minimum Gasteiger partial charge on any atom is -0.345 e. The average Bonchev–Trinajstić information content (AvgIpc) is 2.65. The highest BCUT2D eigenvalue weighted by atomic mass is 19.2. The van der Waals surface area contributed by atoms with Crippen LogP contribution in [0.25, 0.3) is 10.9 Å². The van der Waals surface area contributed by atoms with Crippen molar-refractivity contribution in [3.8, 4) is 0 Å². The van der Waals surface area contributed by atoms with E-state index in [2.05, 4.69) is 15.6 Å². The normalized spacial score (nSPS) is 10.7. The molecule has 2 N–H and O–H groups in total. The number of carbonyl (C=O) groups excluding carboxylic acids is 2. The van der Waals surface area contributed by atoms with Gasteiger partial charge in [0.05, 0.1) is 23.8 Å². The highest BCUT2D eigenvalue weighted by molar-refractivity contribution is 5.94. The summed E-state index contributed by atoms with van der Waals surface area (Å²) in [7, 11) is 0. The molecular formula is C18H13F3N4O3. The molecule has 0 spiro atoms. The molecule has 3 aromatic rings. The third kappa shape index (κ3) is 4.34. The van der Waals surface area contributed by atoms with Crippen molar-refractivity contribution >= 4 is 28.4 Å². The zero-order valence-electron chi connectivity index (χ0n) is 14.2. The second-order valence-corrected chi connectivity index (χ2v) is 5.79. The predicted molar refractivity (Wildman–Crippen MR) is 94.0 cm³/mol. The van der Waals surface area contributed by atoms with Crippen molar-refractivity contribution in [1.29, 1.82) is 0 Å². The molecule has 0 atom stereocenters. The molecule has 0 aliphatic heterocycles. The summed E-state index contributed by atoms with van der Waals surface area (Å²) in [5.74, 6) is -4.03. The maximum absolute atomic E-state index is 13.2. The second kappa shape index (κ2) is 7.91. The number of carbonyl (C=O) groups is 2. The van der Waals surface area contributed by atoms with Crippen LogP contribution < -0.4 is 16.2 Å². The van der Waals surface area contributed by atoms with Crippen molar-refractivity contribution in [2.45, 2.75) is 6.54 Å². The Morgan fingerprint density at radius 2 is 1.79 bits per heavy atom. The lowest BCUT2D eigenvalue weighted by Crippen LogP contribution is -2.37. The highest BCUT2D eigenvalue weighted by Crippen LogP contribution is 2.12. The molecule has 0 bridgehead atoms. The number of nitrogens with zero attached hydrogens (tertiary/aromatic N) is 2. The minimum atomic E-state index is -1.12. The molecule has 0 saturated heterocycles. The summed E-state index contributed by atoms with van der Waals surface area (Å²) in [5, 5.41) is 4.73. The largest absolute Gasteiger partial charge is 0.345 e. The lowest BCUT2D eigenvalue weighted by Gasteiger charge is -2.09. The van der Waals surface area contributed by atoms with Crippen LogP contribution in [0.5, 0.6) is 0 Å². The fourth-order valence-electron chi connectivity index (χ4n) is 2.41. The summed E-state index contributed by atoms with van der Waals surface area (Å²) >= 11 is 0. The standard InChI is InChI=1S/C18H13F3N4O3/c19-10-1-3-12-15(5-10)23-9-25(18(12)28)8-17(27)22-7-16(26)24-11-2-4-13(20)14(21)6-11/h1-6,9H,7-8H2,(H,22,27)(H,24,26). The molecular weight excluding hydrogens is 377 g/mol. The van der Waals surface area contributed by atoms with E-state index in [-0.39, 0.29) is 16.6 Å². The van der Waals surface area contributed by atoms with Gasteiger partial charge in [0.25, 0.3) is 5.56 Å². The first-order valence-corrected chi connectivity index (χ1v) is 8.00. The number of nitrogens with one attached hydrogen (secondary N) is 2. The van der Waals surface area contributed by atoms with E-state index < -0.39 is 47.9 Å². The van der Waals surface area contributed by atoms with E-state index in [1.165, 1.54) is 12.1 Å². The Labute approximate surface area is 155 Å². The Kier molecular flexibility index (Phi) is 5.39. The summed E-state index contributed by atoms with van der Waals surface area (Å²) < 4.78 is 40.1. The first-order valence-electron chi connectivity index (χ1n) is 8.00. The number of amides is 2. The van der Waals surface area contributed by atoms with Crippen LogP contribution in [0.3, 0.4) is 0 Å². The quantitative estimate of drug-likeness (QED) is 0.692. The van der Waals surface area contributed by atoms with E-state index in [1.54, 1.807) is 0 Å². The molecule has 3 rings (SSSR count). The monoisotopic (exact) mass is 390 g/mol. The lowest BCUT2D eigenvalue weighted by atomic mass is 10.2. The van der Waals surface area contributed by atoms with E-state index in [1.807, 2.05) is 0 Å². The van der Waals surface area contributed by atoms with Crippen molar-refractivity contribution in [2.75, 3.05) is 11.9 Å². The Morgan fingerprint density at radius 3 is 2.54 bits per heavy atom. The molecule has 2 aromatic carbocycles. The first kappa shape index (κ1) is 19.1. The number of hydrogen-bond acceptors (Lipinski definition) is 4. The zero-order chi connectivity index (χ0) is 20.3. The fraction of sp³-hybridized carbons (Fsp3) is 0.111. The average molecular weight is 390 g/mol. The topological polar surface area (TPSA) is 93.1 Å². The van der Waals surface area contributed by atoms with Crippen LogP contribution in [-0.4, -0.2) is 27.9 Å². The van der Waals surface area contributed by atoms with E-state index in [0.29, 0.717) is 0 Å². The van der Waals surface area contributed by atoms with Crippen LogP contribution in [0.2, 0.25) is 0 Å². The summed E-state index contributed by atoms with van der Waals surface area (Å²) in [4.78, 5) is 40.0. The summed E-state index contributed by atoms with van der Waals surface area (Å²) in [6.07, 6.45) is 1.10. The highest BCUT2D eigenvalue weighted by Gasteiger charge is 2.11. The SMILES string of the molecule is O=C(Cn1cnc2cc(F)ccc2c1=O)NCC(=O)Nc1ccc(F)c(F)c1. The molecule has 7 nitrogen and oxygen atoms in total. The molecule has 0 aliphatic rings. The van der Waals surface area contributed by atoms with Gasteiger partial charge in [0.2, 0.25) is 11.8 Å². The summed E-state index contributed by atoms with van der Waals surface area (Å²) in [6.45, 7) is -0.851. The molecule has 0 aliphatic carbocycles. The van der Waals surface area contributed by atoms with Gasteiger partial charge < -0.3 is 10.6 Å². The number of fused-ring (bicyclic) bond motifs is 1. The summed E-state index contributed by atoms with van der Waals surface area (Å²) in [6, 6.07) is 6.31. The Morgan fingerprint density at radius 1 is 1.00 bits per heavy atom. The predicted octanol–water partition coefficient (Wildman–Crippen LogP) is 1.57. The van der Waals surface area contributed by atoms with E-state index >= 15 is 0 Å². The van der Waals surface area contributed by atoms with Crippen LogP contribution >= 0.6 is 0 Å². The molecule has 1 heterocycles. The number of hydrogen-bond donors (Lipinski definition) is 2. The van der Waals surface area contributed by atoms with E-state index in [4.69, 9.17) is 0 Å². The van der Waals surface area contributed by atoms with Gasteiger partial charge in [0.1, 0.15) is 12.4 Å². The number of anilines is 1. The fourth-order valence-corrected chi connectivity index (χ4v) is 2.41. The molecule has 0 saturated carbocycles. The second-order valence-electron chi connectivity index (χ2n) is 5.79. The van der Waals surface area contributed by atoms with Crippen LogP contribution in [0.15, 0.2) is 47.5 Å². The maximum Gasteiger partial charge on any atom is 0.261 e. The number of rotatable bonds is 5. The van der Waals surface area contributed by atoms with Gasteiger partial charge in [0, 0.05) is 17.8 Å². The van der Waals surface area contributed by atoms with Gasteiger partial charge in [0.15, 0.2) is 11.6 Å². The van der Waals surface area contributed by atoms with Crippen molar-refractivity contribution in [1.82, 2.24) is 14.9 Å². The van der Waals surface area contributed by atoms with Gasteiger partial charge in [-0.1, -0.05) is 0 Å². The molecule has 0 radical (unpaired) electrons. The Bertz CT molecular complexity index is 1130. The minimum absolute atomic E-state index is 0.0281. The molecule has 0 unspecified atom stereocenters. The number of aromatic nitrogens is 2. The van der Waals surface area contributed by atoms with Gasteiger partial charge >= 0.3 is 0 Å². The van der Waals surface area contributed by atoms with Crippen molar-refractivity contribution in [3.05, 3.63) is 70.5 Å². The van der Waals surface area contributed by atoms with Crippen molar-refractivity contribution < 1.29 is 22.8 Å². The number of halogens is 3. The Hall–Kier alpha value is -3.69. The van der Waals surface area contributed by atoms with Crippen LogP contribution in [-0.2, 0) is 16.1 Å². The molecule has 2 amide bonds. The van der Waals surface area contributed by atoms with Gasteiger partial charge in [-0.05, 0) is 24.3 Å². The van der Waals surface area contributed by atoms with Crippen LogP contribution in [0.1, 0.15) is 0 Å². The molecule has 0 fully saturated rings. The van der Waals surface area contributed by atoms with Gasteiger partial charge in [-0.25, -0.2) is 18.2 Å². The van der Waals surface area contributed by atoms with Gasteiger partial charge in [-0.3, -0.25) is 19.0 Å². The zero-order valence-corrected chi connectivity index (χ0v) is 14.2. The van der Waals surface area contributed by atoms with Crippen LogP contribution in [0.4, 0.5) is 18.9 Å². The van der Waals surface area contributed by atoms with Crippen molar-refractivity contribution in [2.24, 2.45) is 0 Å². The molecule has 1 aromatic heterocycles. The third-order valence-corrected chi connectivity index (χ3v) is 3.75. The van der Waals surface area contributed by atoms with Crippen LogP contribution in [0, 0.1) is 17.5 Å². The lowest BCUT2D eigenvalue weighted by molar-refractivity contribution is -0.124.